The van der Waals surface area contributed by atoms with Gasteiger partial charge in [-0.2, -0.15) is 5.10 Å². The molecule has 0 atom stereocenters. The lowest BCUT2D eigenvalue weighted by Crippen LogP contribution is -2.27. The van der Waals surface area contributed by atoms with Gasteiger partial charge in [-0.1, -0.05) is 0 Å². The van der Waals surface area contributed by atoms with Gasteiger partial charge in [0.25, 0.3) is 5.69 Å². The third kappa shape index (κ3) is 4.39. The summed E-state index contributed by atoms with van der Waals surface area (Å²) in [5, 5.41) is 21.4. The maximum atomic E-state index is 10.8. The molecule has 0 fully saturated rings. The minimum atomic E-state index is -0.478. The number of benzene rings is 1. The Morgan fingerprint density at radius 1 is 1.52 bits per heavy atom. The van der Waals surface area contributed by atoms with Gasteiger partial charge in [0, 0.05) is 30.9 Å². The van der Waals surface area contributed by atoms with Gasteiger partial charge in [0.2, 0.25) is 0 Å². The highest BCUT2D eigenvalue weighted by molar-refractivity contribution is 7.80. The van der Waals surface area contributed by atoms with Gasteiger partial charge in [-0.25, -0.2) is 0 Å². The molecule has 9 heteroatoms. The van der Waals surface area contributed by atoms with Gasteiger partial charge in [-0.15, -0.1) is 0 Å². The van der Waals surface area contributed by atoms with Crippen LogP contribution in [0.2, 0.25) is 0 Å². The zero-order valence-electron chi connectivity index (χ0n) is 12.8. The molecule has 0 unspecified atom stereocenters. The molecule has 2 aromatic rings. The minimum Gasteiger partial charge on any atom is -0.494 e. The number of nitrogens with one attached hydrogen (secondary N) is 2. The van der Waals surface area contributed by atoms with Gasteiger partial charge < -0.3 is 15.4 Å². The van der Waals surface area contributed by atoms with Gasteiger partial charge in [0.15, 0.2) is 5.11 Å². The smallest absolute Gasteiger partial charge is 0.273 e. The molecule has 0 saturated heterocycles. The first-order chi connectivity index (χ1) is 11.0. The van der Waals surface area contributed by atoms with Crippen LogP contribution in [0.4, 0.5) is 11.4 Å². The van der Waals surface area contributed by atoms with E-state index in [0.717, 1.165) is 12.1 Å². The highest BCUT2D eigenvalue weighted by atomic mass is 32.1. The van der Waals surface area contributed by atoms with Crippen molar-refractivity contribution in [1.82, 2.24) is 15.1 Å². The lowest BCUT2D eigenvalue weighted by Gasteiger charge is -2.12. The van der Waals surface area contributed by atoms with Gasteiger partial charge >= 0.3 is 0 Å². The largest absolute Gasteiger partial charge is 0.494 e. The third-order valence-electron chi connectivity index (χ3n) is 3.11. The van der Waals surface area contributed by atoms with Crippen LogP contribution in [0.15, 0.2) is 30.6 Å². The molecule has 122 valence electrons. The monoisotopic (exact) mass is 335 g/mol. The number of aromatic nitrogens is 2. The number of aryl methyl sites for hydroxylation is 1. The molecule has 0 saturated carbocycles. The van der Waals surface area contributed by atoms with E-state index in [1.54, 1.807) is 12.3 Å². The van der Waals surface area contributed by atoms with E-state index in [4.69, 9.17) is 17.0 Å². The normalized spacial score (nSPS) is 10.2. The summed E-state index contributed by atoms with van der Waals surface area (Å²) >= 11 is 5.22. The van der Waals surface area contributed by atoms with E-state index in [9.17, 15) is 10.1 Å². The number of nitro groups is 1. The molecule has 0 radical (unpaired) electrons. The fourth-order valence-corrected chi connectivity index (χ4v) is 2.10. The molecule has 1 aromatic heterocycles. The van der Waals surface area contributed by atoms with Gasteiger partial charge in [-0.3, -0.25) is 14.8 Å². The number of hydrogen-bond acceptors (Lipinski definition) is 5. The summed E-state index contributed by atoms with van der Waals surface area (Å²) in [5.41, 5.74) is 1.52. The van der Waals surface area contributed by atoms with Crippen molar-refractivity contribution >= 4 is 28.7 Å². The number of nitrogens with zero attached hydrogens (tertiary/aromatic N) is 3. The molecule has 1 heterocycles. The predicted molar refractivity (Wildman–Crippen MR) is 90.6 cm³/mol. The summed E-state index contributed by atoms with van der Waals surface area (Å²) in [5.74, 6) is 0.349. The van der Waals surface area contributed by atoms with Crippen LogP contribution in [0, 0.1) is 10.1 Å². The Morgan fingerprint density at radius 3 is 2.91 bits per heavy atom. The number of rotatable bonds is 6. The predicted octanol–water partition coefficient (Wildman–Crippen LogP) is 2.31. The third-order valence-corrected chi connectivity index (χ3v) is 3.35. The zero-order valence-corrected chi connectivity index (χ0v) is 13.6. The fourth-order valence-electron chi connectivity index (χ4n) is 1.92. The summed E-state index contributed by atoms with van der Waals surface area (Å²) in [4.78, 5) is 10.3. The molecule has 8 nitrogen and oxygen atoms in total. The zero-order chi connectivity index (χ0) is 16.8. The van der Waals surface area contributed by atoms with Crippen molar-refractivity contribution in [3.05, 3.63) is 46.3 Å². The first kappa shape index (κ1) is 16.7. The van der Waals surface area contributed by atoms with Crippen LogP contribution in [0.5, 0.6) is 5.75 Å². The summed E-state index contributed by atoms with van der Waals surface area (Å²) in [6.45, 7) is 3.35. The summed E-state index contributed by atoms with van der Waals surface area (Å²) < 4.78 is 6.98. The quantitative estimate of drug-likeness (QED) is 0.475. The number of nitro benzene ring substituents is 1. The highest BCUT2D eigenvalue weighted by Gasteiger charge is 2.12. The van der Waals surface area contributed by atoms with Gasteiger partial charge in [0.05, 0.1) is 30.0 Å². The lowest BCUT2D eigenvalue weighted by atomic mass is 10.2. The second-order valence-electron chi connectivity index (χ2n) is 4.65. The van der Waals surface area contributed by atoms with E-state index < -0.39 is 4.92 Å². The lowest BCUT2D eigenvalue weighted by molar-refractivity contribution is -0.384. The van der Waals surface area contributed by atoms with Crippen molar-refractivity contribution in [2.75, 3.05) is 12.4 Å². The van der Waals surface area contributed by atoms with Crippen molar-refractivity contribution in [3.8, 4) is 5.75 Å². The Morgan fingerprint density at radius 2 is 2.30 bits per heavy atom. The van der Waals surface area contributed by atoms with Crippen LogP contribution < -0.4 is 15.4 Å². The van der Waals surface area contributed by atoms with Crippen molar-refractivity contribution in [2.24, 2.45) is 0 Å². The van der Waals surface area contributed by atoms with E-state index in [2.05, 4.69) is 15.7 Å². The molecule has 2 rings (SSSR count). The molecule has 1 aromatic carbocycles. The number of hydrogen-bond donors (Lipinski definition) is 2. The number of methoxy groups -OCH3 is 1. The van der Waals surface area contributed by atoms with E-state index in [1.807, 2.05) is 17.8 Å². The van der Waals surface area contributed by atoms with Crippen molar-refractivity contribution in [3.63, 3.8) is 0 Å². The second-order valence-corrected chi connectivity index (χ2v) is 5.06. The Hall–Kier alpha value is -2.68. The number of non-ortho nitro benzene ring substituents is 1. The van der Waals surface area contributed by atoms with Crippen molar-refractivity contribution in [1.29, 1.82) is 0 Å². The van der Waals surface area contributed by atoms with Crippen LogP contribution in [0.1, 0.15) is 12.5 Å². The Bertz CT molecular complexity index is 716. The summed E-state index contributed by atoms with van der Waals surface area (Å²) in [6.07, 6.45) is 3.70. The first-order valence-corrected chi connectivity index (χ1v) is 7.33. The van der Waals surface area contributed by atoms with Gasteiger partial charge in [-0.05, 0) is 25.2 Å². The number of ether oxygens (including phenoxy) is 1. The fraction of sp³-hybridized carbons (Fsp3) is 0.286. The van der Waals surface area contributed by atoms with Crippen LogP contribution >= 0.6 is 12.2 Å². The highest BCUT2D eigenvalue weighted by Crippen LogP contribution is 2.28. The Balaban J connectivity index is 1.98. The van der Waals surface area contributed by atoms with E-state index in [1.165, 1.54) is 19.2 Å². The molecule has 0 aliphatic heterocycles. The van der Waals surface area contributed by atoms with Crippen LogP contribution in [0.3, 0.4) is 0 Å². The summed E-state index contributed by atoms with van der Waals surface area (Å²) in [7, 11) is 1.44. The Kier molecular flexibility index (Phi) is 5.47. The molecule has 0 amide bonds. The maximum Gasteiger partial charge on any atom is 0.273 e. The molecule has 0 spiro atoms. The number of thiocarbonyl (C=S) groups is 1. The van der Waals surface area contributed by atoms with E-state index in [-0.39, 0.29) is 5.69 Å². The average Bonchev–Trinajstić information content (AvgIpc) is 3.01. The molecule has 0 aliphatic rings. The van der Waals surface area contributed by atoms with Crippen molar-refractivity contribution < 1.29 is 9.66 Å². The standard InChI is InChI=1S/C14H17N5O3S/c1-3-18-9-10(8-16-18)7-15-14(23)17-12-5-4-11(19(20)21)6-13(12)22-2/h4-6,8-9H,3,7H2,1-2H3,(H2,15,17,23). The van der Waals surface area contributed by atoms with Crippen LogP contribution in [-0.2, 0) is 13.1 Å². The van der Waals surface area contributed by atoms with Crippen LogP contribution in [0.25, 0.3) is 0 Å². The second kappa shape index (κ2) is 7.54. The van der Waals surface area contributed by atoms with Crippen LogP contribution in [-0.4, -0.2) is 26.9 Å². The minimum absolute atomic E-state index is 0.0433. The van der Waals surface area contributed by atoms with E-state index >= 15 is 0 Å². The molecule has 23 heavy (non-hydrogen) atoms. The number of anilines is 1. The molecular formula is C14H17N5O3S. The maximum absolute atomic E-state index is 10.8. The first-order valence-electron chi connectivity index (χ1n) is 6.92. The molecule has 0 bridgehead atoms. The summed E-state index contributed by atoms with van der Waals surface area (Å²) in [6, 6.07) is 4.29. The molecular weight excluding hydrogens is 318 g/mol. The van der Waals surface area contributed by atoms with Crippen molar-refractivity contribution in [2.45, 2.75) is 20.0 Å². The average molecular weight is 335 g/mol. The SMILES string of the molecule is CCn1cc(CNC(=S)Nc2ccc([N+](=O)[O-])cc2OC)cn1. The van der Waals surface area contributed by atoms with Gasteiger partial charge in [0.1, 0.15) is 5.75 Å². The molecule has 2 N–H and O–H groups in total. The molecule has 0 aliphatic carbocycles. The van der Waals surface area contributed by atoms with E-state index in [0.29, 0.717) is 23.1 Å². The Labute approximate surface area is 138 Å². The topological polar surface area (TPSA) is 94.2 Å².